The van der Waals surface area contributed by atoms with Crippen LogP contribution in [0.3, 0.4) is 0 Å². The average molecular weight is 240 g/mol. The van der Waals surface area contributed by atoms with Gasteiger partial charge in [0.2, 0.25) is 0 Å². The van der Waals surface area contributed by atoms with Crippen LogP contribution in [0.1, 0.15) is 25.8 Å². The van der Waals surface area contributed by atoms with Gasteiger partial charge in [-0.05, 0) is 30.5 Å². The Hall–Kier alpha value is -0.740. The van der Waals surface area contributed by atoms with Crippen molar-refractivity contribution in [1.29, 1.82) is 0 Å². The number of pyridine rings is 1. The Labute approximate surface area is 101 Å². The summed E-state index contributed by atoms with van der Waals surface area (Å²) in [5.74, 6) is 1.29. The van der Waals surface area contributed by atoms with Crippen molar-refractivity contribution in [3.05, 3.63) is 23.9 Å². The van der Waals surface area contributed by atoms with Crippen LogP contribution in [-0.2, 0) is 6.42 Å². The summed E-state index contributed by atoms with van der Waals surface area (Å²) in [5, 5.41) is 10.5. The molecule has 3 nitrogen and oxygen atoms in total. The van der Waals surface area contributed by atoms with Crippen molar-refractivity contribution < 1.29 is 5.11 Å². The minimum atomic E-state index is -0.305. The molecular weight excluding hydrogens is 220 g/mol. The number of nitrogens with zero attached hydrogens (tertiary/aromatic N) is 1. The van der Waals surface area contributed by atoms with Crippen LogP contribution in [0.15, 0.2) is 18.3 Å². The number of hydrogen-bond donors (Lipinski definition) is 2. The summed E-state index contributed by atoms with van der Waals surface area (Å²) in [6, 6.07) is 3.71. The van der Waals surface area contributed by atoms with Crippen molar-refractivity contribution in [2.24, 2.45) is 0 Å². The van der Waals surface area contributed by atoms with E-state index in [0.29, 0.717) is 17.5 Å². The molecular formula is C12H20N2OS. The first-order chi connectivity index (χ1) is 7.61. The van der Waals surface area contributed by atoms with Crippen LogP contribution in [-0.4, -0.2) is 27.2 Å². The SMILES string of the molecule is CCC(C)SCC(O)Cc1ccnc(N)c1. The van der Waals surface area contributed by atoms with Crippen molar-refractivity contribution >= 4 is 17.6 Å². The van der Waals surface area contributed by atoms with E-state index < -0.39 is 0 Å². The van der Waals surface area contributed by atoms with Gasteiger partial charge in [-0.3, -0.25) is 0 Å². The highest BCUT2D eigenvalue weighted by Gasteiger charge is 2.08. The van der Waals surface area contributed by atoms with Gasteiger partial charge in [0.1, 0.15) is 5.82 Å². The van der Waals surface area contributed by atoms with Crippen LogP contribution in [0.4, 0.5) is 5.82 Å². The molecule has 3 N–H and O–H groups in total. The van der Waals surface area contributed by atoms with E-state index in [1.54, 1.807) is 6.20 Å². The second kappa shape index (κ2) is 6.76. The van der Waals surface area contributed by atoms with Gasteiger partial charge < -0.3 is 10.8 Å². The van der Waals surface area contributed by atoms with Gasteiger partial charge in [-0.25, -0.2) is 4.98 Å². The quantitative estimate of drug-likeness (QED) is 0.799. The number of anilines is 1. The van der Waals surface area contributed by atoms with Crippen LogP contribution in [0.2, 0.25) is 0 Å². The van der Waals surface area contributed by atoms with Crippen LogP contribution in [0.5, 0.6) is 0 Å². The molecule has 1 rings (SSSR count). The third-order valence-electron chi connectivity index (χ3n) is 2.46. The van der Waals surface area contributed by atoms with Gasteiger partial charge in [-0.15, -0.1) is 0 Å². The molecule has 0 fully saturated rings. The molecule has 0 aromatic carbocycles. The Morgan fingerprint density at radius 3 is 2.94 bits per heavy atom. The highest BCUT2D eigenvalue weighted by atomic mass is 32.2. The van der Waals surface area contributed by atoms with Gasteiger partial charge in [0, 0.05) is 17.2 Å². The normalized spacial score (nSPS) is 14.7. The molecule has 0 aliphatic heterocycles. The lowest BCUT2D eigenvalue weighted by Gasteiger charge is -2.13. The first kappa shape index (κ1) is 13.3. The molecule has 1 aromatic heterocycles. The topological polar surface area (TPSA) is 59.1 Å². The molecule has 0 aliphatic carbocycles. The number of hydrogen-bond acceptors (Lipinski definition) is 4. The fourth-order valence-electron chi connectivity index (χ4n) is 1.35. The molecule has 0 radical (unpaired) electrons. The molecule has 0 amide bonds. The zero-order valence-corrected chi connectivity index (χ0v) is 10.7. The number of thioether (sulfide) groups is 1. The van der Waals surface area contributed by atoms with E-state index in [2.05, 4.69) is 18.8 Å². The molecule has 0 bridgehead atoms. The van der Waals surface area contributed by atoms with Gasteiger partial charge in [0.05, 0.1) is 6.10 Å². The van der Waals surface area contributed by atoms with Crippen LogP contribution in [0, 0.1) is 0 Å². The Bertz CT molecular complexity index is 320. The maximum absolute atomic E-state index is 9.86. The molecule has 16 heavy (non-hydrogen) atoms. The van der Waals surface area contributed by atoms with E-state index in [1.807, 2.05) is 23.9 Å². The molecule has 0 saturated carbocycles. The minimum absolute atomic E-state index is 0.305. The molecule has 0 aliphatic rings. The van der Waals surface area contributed by atoms with Gasteiger partial charge in [-0.1, -0.05) is 13.8 Å². The maximum Gasteiger partial charge on any atom is 0.123 e. The number of rotatable bonds is 6. The Balaban J connectivity index is 2.36. The van der Waals surface area contributed by atoms with E-state index in [4.69, 9.17) is 5.73 Å². The van der Waals surface area contributed by atoms with E-state index >= 15 is 0 Å². The maximum atomic E-state index is 9.86. The third-order valence-corrected chi connectivity index (χ3v) is 3.94. The highest BCUT2D eigenvalue weighted by Crippen LogP contribution is 2.16. The first-order valence-electron chi connectivity index (χ1n) is 5.62. The van der Waals surface area contributed by atoms with Crippen molar-refractivity contribution in [2.75, 3.05) is 11.5 Å². The van der Waals surface area contributed by atoms with Gasteiger partial charge in [0.15, 0.2) is 0 Å². The van der Waals surface area contributed by atoms with E-state index in [-0.39, 0.29) is 6.10 Å². The zero-order chi connectivity index (χ0) is 12.0. The molecule has 4 heteroatoms. The second-order valence-electron chi connectivity index (χ2n) is 4.00. The Morgan fingerprint density at radius 2 is 2.31 bits per heavy atom. The van der Waals surface area contributed by atoms with Crippen molar-refractivity contribution in [2.45, 2.75) is 38.0 Å². The first-order valence-corrected chi connectivity index (χ1v) is 6.66. The fraction of sp³-hybridized carbons (Fsp3) is 0.583. The lowest BCUT2D eigenvalue weighted by atomic mass is 10.1. The third kappa shape index (κ3) is 4.86. The zero-order valence-electron chi connectivity index (χ0n) is 9.89. The predicted octanol–water partition coefficient (Wildman–Crippen LogP) is 2.10. The average Bonchev–Trinajstić information content (AvgIpc) is 2.26. The summed E-state index contributed by atoms with van der Waals surface area (Å²) >= 11 is 1.81. The lowest BCUT2D eigenvalue weighted by molar-refractivity contribution is 0.200. The van der Waals surface area contributed by atoms with Crippen molar-refractivity contribution in [3.63, 3.8) is 0 Å². The van der Waals surface area contributed by atoms with Gasteiger partial charge in [0.25, 0.3) is 0 Å². The van der Waals surface area contributed by atoms with Crippen LogP contribution < -0.4 is 5.73 Å². The fourth-order valence-corrected chi connectivity index (χ4v) is 2.25. The largest absolute Gasteiger partial charge is 0.392 e. The van der Waals surface area contributed by atoms with Crippen LogP contribution >= 0.6 is 11.8 Å². The van der Waals surface area contributed by atoms with E-state index in [0.717, 1.165) is 17.7 Å². The summed E-state index contributed by atoms with van der Waals surface area (Å²) < 4.78 is 0. The van der Waals surface area contributed by atoms with Gasteiger partial charge in [-0.2, -0.15) is 11.8 Å². The van der Waals surface area contributed by atoms with Crippen molar-refractivity contribution in [1.82, 2.24) is 4.98 Å². The van der Waals surface area contributed by atoms with E-state index in [1.165, 1.54) is 0 Å². The number of nitrogens with two attached hydrogens (primary N) is 1. The number of aliphatic hydroxyl groups is 1. The lowest BCUT2D eigenvalue weighted by Crippen LogP contribution is -2.15. The molecule has 2 unspecified atom stereocenters. The monoisotopic (exact) mass is 240 g/mol. The minimum Gasteiger partial charge on any atom is -0.392 e. The van der Waals surface area contributed by atoms with Gasteiger partial charge >= 0.3 is 0 Å². The number of nitrogen functional groups attached to an aromatic ring is 1. The summed E-state index contributed by atoms with van der Waals surface area (Å²) in [6.07, 6.45) is 3.16. The molecule has 2 atom stereocenters. The molecule has 90 valence electrons. The Kier molecular flexibility index (Phi) is 5.63. The second-order valence-corrected chi connectivity index (χ2v) is 5.47. The highest BCUT2D eigenvalue weighted by molar-refractivity contribution is 7.99. The molecule has 1 aromatic rings. The number of aromatic nitrogens is 1. The Morgan fingerprint density at radius 1 is 1.56 bits per heavy atom. The van der Waals surface area contributed by atoms with Crippen LogP contribution in [0.25, 0.3) is 0 Å². The summed E-state index contributed by atoms with van der Waals surface area (Å²) in [7, 11) is 0. The molecule has 0 saturated heterocycles. The molecule has 1 heterocycles. The predicted molar refractivity (Wildman–Crippen MR) is 70.6 cm³/mol. The smallest absolute Gasteiger partial charge is 0.123 e. The summed E-state index contributed by atoms with van der Waals surface area (Å²) in [5.41, 5.74) is 6.63. The standard InChI is InChI=1S/C12H20N2OS/c1-3-9(2)16-8-11(15)6-10-4-5-14-12(13)7-10/h4-5,7,9,11,15H,3,6,8H2,1-2H3,(H2,13,14). The molecule has 0 spiro atoms. The number of aliphatic hydroxyl groups excluding tert-OH is 1. The van der Waals surface area contributed by atoms with E-state index in [9.17, 15) is 5.11 Å². The summed E-state index contributed by atoms with van der Waals surface area (Å²) in [6.45, 7) is 4.34. The van der Waals surface area contributed by atoms with Crippen molar-refractivity contribution in [3.8, 4) is 0 Å². The summed E-state index contributed by atoms with van der Waals surface area (Å²) in [4.78, 5) is 3.93.